The van der Waals surface area contributed by atoms with Crippen LogP contribution >= 0.6 is 0 Å². The largest absolute Gasteiger partial charge is 0.354 e. The molecule has 2 rings (SSSR count). The zero-order chi connectivity index (χ0) is 27.0. The normalized spacial score (nSPS) is 12.3. The highest BCUT2D eigenvalue weighted by Gasteiger charge is 2.27. The fraction of sp³-hybridized carbons (Fsp3) is 0.481. The molecule has 0 fully saturated rings. The lowest BCUT2D eigenvalue weighted by Crippen LogP contribution is -2.48. The Morgan fingerprint density at radius 3 is 2.19 bits per heavy atom. The average Bonchev–Trinajstić information content (AvgIpc) is 2.77. The van der Waals surface area contributed by atoms with Gasteiger partial charge in [0.25, 0.3) is 0 Å². The molecular weight excluding hydrogens is 481 g/mol. The first-order valence-corrected chi connectivity index (χ1v) is 14.0. The fourth-order valence-corrected chi connectivity index (χ4v) is 4.89. The van der Waals surface area contributed by atoms with Crippen LogP contribution in [0, 0.1) is 25.6 Å². The van der Waals surface area contributed by atoms with E-state index >= 15 is 0 Å². The summed E-state index contributed by atoms with van der Waals surface area (Å²) in [7, 11) is -3.57. The van der Waals surface area contributed by atoms with E-state index in [1.165, 1.54) is 15.3 Å². The van der Waals surface area contributed by atoms with Gasteiger partial charge in [-0.2, -0.15) is 0 Å². The Hall–Kier alpha value is -2.94. The Kier molecular flexibility index (Phi) is 10.5. The number of halogens is 1. The maximum Gasteiger partial charge on any atom is 0.242 e. The molecule has 2 amide bonds. The highest BCUT2D eigenvalue weighted by molar-refractivity contribution is 7.92. The minimum Gasteiger partial charge on any atom is -0.354 e. The number of carbonyl (C=O) groups excluding carboxylic acids is 2. The molecule has 2 aromatic carbocycles. The van der Waals surface area contributed by atoms with Gasteiger partial charge in [-0.05, 0) is 62.4 Å². The van der Waals surface area contributed by atoms with Crippen LogP contribution in [0.3, 0.4) is 0 Å². The maximum absolute atomic E-state index is 14.4. The molecule has 198 valence electrons. The first kappa shape index (κ1) is 29.3. The standard InChI is InChI=1S/C27H38FN3O4S/c1-19(2)17-29-27(33)22(5)30(18-23-10-7-8-11-25(23)28)26(32)12-9-13-31(36(6,34)35)24-15-20(3)14-21(4)16-24/h7-8,10-11,14-16,19,22H,9,12-13,17-18H2,1-6H3,(H,29,33)/t22-/m1/s1. The summed E-state index contributed by atoms with van der Waals surface area (Å²) in [6, 6.07) is 10.9. The highest BCUT2D eigenvalue weighted by Crippen LogP contribution is 2.22. The van der Waals surface area contributed by atoms with E-state index in [9.17, 15) is 22.4 Å². The second kappa shape index (κ2) is 12.9. The van der Waals surface area contributed by atoms with Crippen molar-refractivity contribution in [3.63, 3.8) is 0 Å². The molecule has 2 aromatic rings. The first-order chi connectivity index (χ1) is 16.8. The van der Waals surface area contributed by atoms with Crippen molar-refractivity contribution in [1.82, 2.24) is 10.2 Å². The summed E-state index contributed by atoms with van der Waals surface area (Å²) >= 11 is 0. The van der Waals surface area contributed by atoms with Gasteiger partial charge in [0, 0.05) is 31.6 Å². The van der Waals surface area contributed by atoms with Crippen molar-refractivity contribution in [2.75, 3.05) is 23.7 Å². The molecule has 0 spiro atoms. The lowest BCUT2D eigenvalue weighted by atomic mass is 10.1. The molecule has 9 heteroatoms. The van der Waals surface area contributed by atoms with Gasteiger partial charge in [-0.1, -0.05) is 38.1 Å². The Morgan fingerprint density at radius 1 is 1.03 bits per heavy atom. The van der Waals surface area contributed by atoms with E-state index in [2.05, 4.69) is 5.32 Å². The van der Waals surface area contributed by atoms with Crippen LogP contribution < -0.4 is 9.62 Å². The van der Waals surface area contributed by atoms with Crippen molar-refractivity contribution in [3.8, 4) is 0 Å². The number of aryl methyl sites for hydroxylation is 2. The number of rotatable bonds is 12. The lowest BCUT2D eigenvalue weighted by molar-refractivity contribution is -0.140. The van der Waals surface area contributed by atoms with Crippen molar-refractivity contribution in [2.24, 2.45) is 5.92 Å². The summed E-state index contributed by atoms with van der Waals surface area (Å²) < 4.78 is 40.7. The van der Waals surface area contributed by atoms with Crippen molar-refractivity contribution in [2.45, 2.75) is 60.0 Å². The van der Waals surface area contributed by atoms with Gasteiger partial charge < -0.3 is 10.2 Å². The van der Waals surface area contributed by atoms with Crippen LogP contribution in [0.2, 0.25) is 0 Å². The molecule has 0 aliphatic carbocycles. The average molecular weight is 520 g/mol. The molecule has 0 bridgehead atoms. The number of sulfonamides is 1. The number of hydrogen-bond donors (Lipinski definition) is 1. The van der Waals surface area contributed by atoms with Crippen molar-refractivity contribution in [3.05, 3.63) is 65.0 Å². The topological polar surface area (TPSA) is 86.8 Å². The zero-order valence-electron chi connectivity index (χ0n) is 22.0. The third-order valence-corrected chi connectivity index (χ3v) is 6.99. The van der Waals surface area contributed by atoms with Crippen LogP contribution in [0.25, 0.3) is 0 Å². The fourth-order valence-electron chi connectivity index (χ4n) is 3.94. The third kappa shape index (κ3) is 8.62. The molecular formula is C27H38FN3O4S. The molecule has 7 nitrogen and oxygen atoms in total. The van der Waals surface area contributed by atoms with Crippen LogP contribution in [0.1, 0.15) is 50.3 Å². The Balaban J connectivity index is 2.20. The molecule has 0 heterocycles. The van der Waals surface area contributed by atoms with E-state index in [0.29, 0.717) is 17.8 Å². The monoisotopic (exact) mass is 519 g/mol. The number of carbonyl (C=O) groups is 2. The smallest absolute Gasteiger partial charge is 0.242 e. The Labute approximate surface area is 214 Å². The van der Waals surface area contributed by atoms with Gasteiger partial charge >= 0.3 is 0 Å². The van der Waals surface area contributed by atoms with Crippen LogP contribution in [0.15, 0.2) is 42.5 Å². The minimum atomic E-state index is -3.57. The molecule has 0 saturated heterocycles. The molecule has 0 aliphatic heterocycles. The summed E-state index contributed by atoms with van der Waals surface area (Å²) in [6.07, 6.45) is 1.39. The second-order valence-electron chi connectivity index (χ2n) is 9.71. The summed E-state index contributed by atoms with van der Waals surface area (Å²) in [4.78, 5) is 27.4. The number of nitrogens with one attached hydrogen (secondary N) is 1. The Bertz CT molecular complexity index is 1150. The van der Waals surface area contributed by atoms with E-state index in [4.69, 9.17) is 0 Å². The van der Waals surface area contributed by atoms with Crippen molar-refractivity contribution < 1.29 is 22.4 Å². The first-order valence-electron chi connectivity index (χ1n) is 12.2. The quantitative estimate of drug-likeness (QED) is 0.456. The van der Waals surface area contributed by atoms with Gasteiger partial charge in [0.15, 0.2) is 0 Å². The summed E-state index contributed by atoms with van der Waals surface area (Å²) in [5, 5.41) is 2.83. The summed E-state index contributed by atoms with van der Waals surface area (Å²) in [6.45, 7) is 9.85. The lowest BCUT2D eigenvalue weighted by Gasteiger charge is -2.30. The third-order valence-electron chi connectivity index (χ3n) is 5.80. The van der Waals surface area contributed by atoms with Gasteiger partial charge in [-0.25, -0.2) is 12.8 Å². The predicted octanol–water partition coefficient (Wildman–Crippen LogP) is 4.18. The summed E-state index contributed by atoms with van der Waals surface area (Å²) in [5.74, 6) is -0.882. The maximum atomic E-state index is 14.4. The van der Waals surface area contributed by atoms with Crippen LogP contribution in [0.4, 0.5) is 10.1 Å². The van der Waals surface area contributed by atoms with Crippen LogP contribution in [0.5, 0.6) is 0 Å². The summed E-state index contributed by atoms with van der Waals surface area (Å²) in [5.41, 5.74) is 2.73. The number of anilines is 1. The van der Waals surface area contributed by atoms with Crippen LogP contribution in [-0.2, 0) is 26.2 Å². The van der Waals surface area contributed by atoms with Gasteiger partial charge in [-0.3, -0.25) is 13.9 Å². The predicted molar refractivity (Wildman–Crippen MR) is 142 cm³/mol. The number of nitrogens with zero attached hydrogens (tertiary/aromatic N) is 2. The molecule has 0 unspecified atom stereocenters. The van der Waals surface area contributed by atoms with Gasteiger partial charge in [-0.15, -0.1) is 0 Å². The number of amides is 2. The molecule has 1 atom stereocenters. The highest BCUT2D eigenvalue weighted by atomic mass is 32.2. The van der Waals surface area contributed by atoms with E-state index in [-0.39, 0.29) is 43.7 Å². The molecule has 0 saturated carbocycles. The zero-order valence-corrected chi connectivity index (χ0v) is 22.9. The molecule has 36 heavy (non-hydrogen) atoms. The molecule has 0 radical (unpaired) electrons. The van der Waals surface area contributed by atoms with Crippen molar-refractivity contribution in [1.29, 1.82) is 0 Å². The van der Waals surface area contributed by atoms with E-state index in [1.807, 2.05) is 33.8 Å². The molecule has 1 N–H and O–H groups in total. The number of hydrogen-bond acceptors (Lipinski definition) is 4. The molecule has 0 aliphatic rings. The van der Waals surface area contributed by atoms with E-state index < -0.39 is 21.9 Å². The minimum absolute atomic E-state index is 0.00701. The van der Waals surface area contributed by atoms with Gasteiger partial charge in [0.05, 0.1) is 11.9 Å². The van der Waals surface area contributed by atoms with Crippen LogP contribution in [-0.4, -0.2) is 50.5 Å². The number of benzene rings is 2. The van der Waals surface area contributed by atoms with Crippen molar-refractivity contribution >= 4 is 27.5 Å². The second-order valence-corrected chi connectivity index (χ2v) is 11.6. The van der Waals surface area contributed by atoms with E-state index in [1.54, 1.807) is 37.3 Å². The van der Waals surface area contributed by atoms with Gasteiger partial charge in [0.1, 0.15) is 11.9 Å². The SMILES string of the molecule is Cc1cc(C)cc(N(CCCC(=O)N(Cc2ccccc2F)[C@H](C)C(=O)NCC(C)C)S(C)(=O)=O)c1. The van der Waals surface area contributed by atoms with E-state index in [0.717, 1.165) is 17.4 Å². The van der Waals surface area contributed by atoms with Gasteiger partial charge in [0.2, 0.25) is 21.8 Å². The Morgan fingerprint density at radius 2 is 1.64 bits per heavy atom. The molecule has 0 aromatic heterocycles.